The molecule has 0 bridgehead atoms. The molecule has 0 saturated carbocycles. The molecule has 2 aliphatic heterocycles. The molecule has 0 radical (unpaired) electrons. The summed E-state index contributed by atoms with van der Waals surface area (Å²) in [5, 5.41) is 0. The summed E-state index contributed by atoms with van der Waals surface area (Å²) in [7, 11) is 0. The molecule has 2 aromatic rings. The van der Waals surface area contributed by atoms with Crippen molar-refractivity contribution in [1.82, 2.24) is 19.4 Å². The lowest BCUT2D eigenvalue weighted by atomic mass is 9.94. The summed E-state index contributed by atoms with van der Waals surface area (Å²) >= 11 is 0. The Hall–Kier alpha value is -2.41. The average molecular weight is 413 g/mol. The molecular formula is C23H32N4O3. The summed E-state index contributed by atoms with van der Waals surface area (Å²) in [6.45, 7) is 9.54. The Morgan fingerprint density at radius 3 is 2.63 bits per heavy atom. The lowest BCUT2D eigenvalue weighted by molar-refractivity contribution is 0.0622. The van der Waals surface area contributed by atoms with Gasteiger partial charge in [-0.25, -0.2) is 0 Å². The van der Waals surface area contributed by atoms with Crippen LogP contribution in [0.3, 0.4) is 0 Å². The van der Waals surface area contributed by atoms with Crippen LogP contribution in [-0.4, -0.2) is 58.0 Å². The number of nitrogens with zero attached hydrogens (tertiary/aromatic N) is 3. The molecule has 7 heteroatoms. The number of fused-ring (bicyclic) bond motifs is 1. The van der Waals surface area contributed by atoms with Crippen LogP contribution in [-0.2, 0) is 6.54 Å². The number of rotatable bonds is 4. The fourth-order valence-corrected chi connectivity index (χ4v) is 4.92. The molecule has 162 valence electrons. The van der Waals surface area contributed by atoms with E-state index in [4.69, 9.17) is 0 Å². The minimum Gasteiger partial charge on any atom is -0.338 e. The summed E-state index contributed by atoms with van der Waals surface area (Å²) in [5.41, 5.74) is 0.530. The van der Waals surface area contributed by atoms with Crippen molar-refractivity contribution >= 4 is 16.9 Å². The van der Waals surface area contributed by atoms with Gasteiger partial charge in [-0.1, -0.05) is 6.92 Å². The fourth-order valence-electron chi connectivity index (χ4n) is 4.92. The molecule has 1 atom stereocenters. The first-order valence-electron chi connectivity index (χ1n) is 11.2. The van der Waals surface area contributed by atoms with E-state index in [2.05, 4.69) is 16.8 Å². The summed E-state index contributed by atoms with van der Waals surface area (Å²) in [4.78, 5) is 44.3. The van der Waals surface area contributed by atoms with Crippen molar-refractivity contribution in [2.24, 2.45) is 11.8 Å². The maximum atomic E-state index is 13.2. The van der Waals surface area contributed by atoms with Crippen molar-refractivity contribution in [3.8, 4) is 0 Å². The third-order valence-electron chi connectivity index (χ3n) is 6.74. The predicted molar refractivity (Wildman–Crippen MR) is 118 cm³/mol. The number of carbonyl (C=O) groups excluding carboxylic acids is 1. The summed E-state index contributed by atoms with van der Waals surface area (Å²) in [5.74, 6) is 1.35. The molecule has 2 saturated heterocycles. The van der Waals surface area contributed by atoms with Crippen LogP contribution in [0.25, 0.3) is 11.0 Å². The molecule has 1 unspecified atom stereocenters. The van der Waals surface area contributed by atoms with Gasteiger partial charge in [-0.05, 0) is 75.7 Å². The van der Waals surface area contributed by atoms with Crippen LogP contribution in [0.15, 0.2) is 27.8 Å². The number of aromatic amines is 1. The number of carbonyl (C=O) groups is 1. The molecule has 3 heterocycles. The SMILES string of the molecule is CCn1c(=O)c(=O)[nH]c2cc(C(=O)N3CCCC(CN4CCC(C)CC4)C3)ccc21. The topological polar surface area (TPSA) is 78.4 Å². The van der Waals surface area contributed by atoms with Crippen molar-refractivity contribution in [1.29, 1.82) is 0 Å². The number of hydrogen-bond donors (Lipinski definition) is 1. The third kappa shape index (κ3) is 4.21. The van der Waals surface area contributed by atoms with Crippen LogP contribution in [0.2, 0.25) is 0 Å². The Balaban J connectivity index is 1.49. The molecule has 1 aromatic carbocycles. The Morgan fingerprint density at radius 1 is 1.13 bits per heavy atom. The Bertz CT molecular complexity index is 1030. The van der Waals surface area contributed by atoms with E-state index in [1.807, 2.05) is 11.8 Å². The highest BCUT2D eigenvalue weighted by Crippen LogP contribution is 2.23. The van der Waals surface area contributed by atoms with Gasteiger partial charge in [0, 0.05) is 31.7 Å². The van der Waals surface area contributed by atoms with Gasteiger partial charge in [0.25, 0.3) is 5.91 Å². The second-order valence-corrected chi connectivity index (χ2v) is 8.98. The van der Waals surface area contributed by atoms with Gasteiger partial charge in [0.1, 0.15) is 0 Å². The van der Waals surface area contributed by atoms with Crippen molar-refractivity contribution in [2.75, 3.05) is 32.7 Å². The quantitative estimate of drug-likeness (QED) is 0.782. The molecular weight excluding hydrogens is 380 g/mol. The predicted octanol–water partition coefficient (Wildman–Crippen LogP) is 2.29. The highest BCUT2D eigenvalue weighted by atomic mass is 16.2. The molecule has 2 aliphatic rings. The van der Waals surface area contributed by atoms with Gasteiger partial charge < -0.3 is 19.4 Å². The van der Waals surface area contributed by atoms with Gasteiger partial charge in [0.15, 0.2) is 0 Å². The minimum absolute atomic E-state index is 0.00367. The van der Waals surface area contributed by atoms with E-state index >= 15 is 0 Å². The number of piperidine rings is 2. The first-order valence-corrected chi connectivity index (χ1v) is 11.2. The lowest BCUT2D eigenvalue weighted by Crippen LogP contribution is -2.45. The van der Waals surface area contributed by atoms with Crippen LogP contribution in [0, 0.1) is 11.8 Å². The average Bonchev–Trinajstić information content (AvgIpc) is 2.76. The first kappa shape index (κ1) is 20.8. The van der Waals surface area contributed by atoms with Crippen LogP contribution < -0.4 is 11.1 Å². The van der Waals surface area contributed by atoms with Crippen LogP contribution in [0.1, 0.15) is 49.9 Å². The number of likely N-dealkylation sites (tertiary alicyclic amines) is 2. The first-order chi connectivity index (χ1) is 14.5. The smallest absolute Gasteiger partial charge is 0.316 e. The number of nitrogens with one attached hydrogen (secondary N) is 1. The number of hydrogen-bond acceptors (Lipinski definition) is 4. The fraction of sp³-hybridized carbons (Fsp3) is 0.609. The van der Waals surface area contributed by atoms with E-state index in [1.54, 1.807) is 18.2 Å². The molecule has 30 heavy (non-hydrogen) atoms. The zero-order chi connectivity index (χ0) is 21.3. The second-order valence-electron chi connectivity index (χ2n) is 8.98. The number of H-pyrrole nitrogens is 1. The molecule has 0 spiro atoms. The van der Waals surface area contributed by atoms with Gasteiger partial charge in [-0.3, -0.25) is 14.4 Å². The largest absolute Gasteiger partial charge is 0.338 e. The van der Waals surface area contributed by atoms with E-state index < -0.39 is 11.1 Å². The molecule has 1 aromatic heterocycles. The van der Waals surface area contributed by atoms with Crippen LogP contribution in [0.5, 0.6) is 0 Å². The molecule has 1 amide bonds. The maximum Gasteiger partial charge on any atom is 0.316 e. The highest BCUT2D eigenvalue weighted by Gasteiger charge is 2.27. The zero-order valence-corrected chi connectivity index (χ0v) is 18.0. The van der Waals surface area contributed by atoms with Gasteiger partial charge in [-0.15, -0.1) is 0 Å². The number of amides is 1. The minimum atomic E-state index is -0.650. The van der Waals surface area contributed by atoms with E-state index in [9.17, 15) is 14.4 Å². The number of aryl methyl sites for hydroxylation is 1. The molecule has 0 aliphatic carbocycles. The van der Waals surface area contributed by atoms with Crippen LogP contribution in [0.4, 0.5) is 0 Å². The van der Waals surface area contributed by atoms with E-state index in [-0.39, 0.29) is 5.91 Å². The van der Waals surface area contributed by atoms with Crippen molar-refractivity contribution in [2.45, 2.75) is 46.1 Å². The van der Waals surface area contributed by atoms with Crippen molar-refractivity contribution in [3.63, 3.8) is 0 Å². The second kappa shape index (κ2) is 8.76. The van der Waals surface area contributed by atoms with Gasteiger partial charge in [0.2, 0.25) is 0 Å². The standard InChI is InChI=1S/C23H32N4O3/c1-3-27-20-7-6-18(13-19(20)24-21(28)23(27)30)22(29)26-10-4-5-17(15-26)14-25-11-8-16(2)9-12-25/h6-7,13,16-17H,3-5,8-12,14-15H2,1-2H3,(H,24,28). The summed E-state index contributed by atoms with van der Waals surface area (Å²) in [6, 6.07) is 5.24. The van der Waals surface area contributed by atoms with Gasteiger partial charge >= 0.3 is 11.1 Å². The Labute approximate surface area is 176 Å². The molecule has 7 nitrogen and oxygen atoms in total. The van der Waals surface area contributed by atoms with E-state index in [1.165, 1.54) is 36.9 Å². The normalized spacial score (nSPS) is 21.3. The molecule has 2 fully saturated rings. The van der Waals surface area contributed by atoms with E-state index in [0.29, 0.717) is 29.1 Å². The molecule has 1 N–H and O–H groups in total. The van der Waals surface area contributed by atoms with Gasteiger partial charge in [-0.2, -0.15) is 0 Å². The maximum absolute atomic E-state index is 13.2. The van der Waals surface area contributed by atoms with Crippen molar-refractivity contribution in [3.05, 3.63) is 44.5 Å². The summed E-state index contributed by atoms with van der Waals surface area (Å²) < 4.78 is 1.44. The highest BCUT2D eigenvalue weighted by molar-refractivity contribution is 5.97. The van der Waals surface area contributed by atoms with Crippen molar-refractivity contribution < 1.29 is 4.79 Å². The Morgan fingerprint density at radius 2 is 1.90 bits per heavy atom. The molecule has 4 rings (SSSR count). The third-order valence-corrected chi connectivity index (χ3v) is 6.74. The van der Waals surface area contributed by atoms with Gasteiger partial charge in [0.05, 0.1) is 11.0 Å². The van der Waals surface area contributed by atoms with Crippen LogP contribution >= 0.6 is 0 Å². The Kier molecular flexibility index (Phi) is 6.09. The monoisotopic (exact) mass is 412 g/mol. The number of benzene rings is 1. The number of aromatic nitrogens is 2. The summed E-state index contributed by atoms with van der Waals surface area (Å²) in [6.07, 6.45) is 4.74. The lowest BCUT2D eigenvalue weighted by Gasteiger charge is -2.38. The zero-order valence-electron chi connectivity index (χ0n) is 18.0. The van der Waals surface area contributed by atoms with E-state index in [0.717, 1.165) is 32.0 Å².